The van der Waals surface area contributed by atoms with E-state index in [2.05, 4.69) is 9.97 Å². The van der Waals surface area contributed by atoms with Gasteiger partial charge in [-0.3, -0.25) is 19.4 Å². The SMILES string of the molecule is CN(C)C(C(=O)N1CCC[C@H]1c1ncc(-c2ncc(-c3cnc(-c4cnc([C@@H]5CCCN5C(=O)[C@@H](c5ccccc5)N(C)C)[nH]4)s3)s2)[nH]1)c1ccccc1. The number of thiazole rings is 2. The summed E-state index contributed by atoms with van der Waals surface area (Å²) in [7, 11) is 7.80. The molecule has 12 nitrogen and oxygen atoms in total. The zero-order valence-corrected chi connectivity index (χ0v) is 32.5. The van der Waals surface area contributed by atoms with E-state index in [1.165, 1.54) is 0 Å². The second kappa shape index (κ2) is 15.4. The molecule has 0 radical (unpaired) electrons. The van der Waals surface area contributed by atoms with E-state index in [1.807, 2.05) is 133 Å². The number of likely N-dealkylation sites (N-methyl/N-ethyl adjacent to an activating group) is 2. The van der Waals surface area contributed by atoms with Crippen molar-refractivity contribution in [3.05, 3.63) is 108 Å². The zero-order chi connectivity index (χ0) is 37.3. The van der Waals surface area contributed by atoms with Crippen molar-refractivity contribution in [2.75, 3.05) is 41.3 Å². The van der Waals surface area contributed by atoms with Gasteiger partial charge in [0.1, 0.15) is 33.7 Å². The largest absolute Gasteiger partial charge is 0.338 e. The smallest absolute Gasteiger partial charge is 0.245 e. The summed E-state index contributed by atoms with van der Waals surface area (Å²) in [5, 5.41) is 1.65. The number of hydrogen-bond donors (Lipinski definition) is 2. The van der Waals surface area contributed by atoms with Gasteiger partial charge in [-0.1, -0.05) is 60.7 Å². The van der Waals surface area contributed by atoms with E-state index in [-0.39, 0.29) is 36.0 Å². The number of H-pyrrole nitrogens is 2. The summed E-state index contributed by atoms with van der Waals surface area (Å²) in [5.41, 5.74) is 3.63. The van der Waals surface area contributed by atoms with Gasteiger partial charge in [-0.15, -0.1) is 22.7 Å². The number of aromatic nitrogens is 6. The van der Waals surface area contributed by atoms with Crippen LogP contribution in [0.5, 0.6) is 0 Å². The molecule has 2 saturated heterocycles. The molecule has 2 aliphatic heterocycles. The number of benzene rings is 2. The van der Waals surface area contributed by atoms with Gasteiger partial charge in [-0.05, 0) is 65.0 Å². The number of amides is 2. The predicted molar refractivity (Wildman–Crippen MR) is 212 cm³/mol. The van der Waals surface area contributed by atoms with Gasteiger partial charge in [-0.2, -0.15) is 0 Å². The van der Waals surface area contributed by atoms with Crippen LogP contribution in [-0.2, 0) is 9.59 Å². The van der Waals surface area contributed by atoms with Crippen LogP contribution in [0.2, 0.25) is 0 Å². The third kappa shape index (κ3) is 7.02. The van der Waals surface area contributed by atoms with E-state index in [0.717, 1.165) is 79.6 Å². The lowest BCUT2D eigenvalue weighted by atomic mass is 10.0. The Morgan fingerprint density at radius 2 is 1.04 bits per heavy atom. The number of imidazole rings is 2. The second-order valence-corrected chi connectivity index (χ2v) is 16.4. The first kappa shape index (κ1) is 36.0. The minimum absolute atomic E-state index is 0.0867. The molecule has 14 heteroatoms. The lowest BCUT2D eigenvalue weighted by Crippen LogP contribution is -2.40. The fraction of sp³-hybridized carbons (Fsp3) is 0.350. The molecule has 2 aliphatic rings. The lowest BCUT2D eigenvalue weighted by molar-refractivity contribution is -0.138. The lowest BCUT2D eigenvalue weighted by Gasteiger charge is -2.31. The molecule has 0 bridgehead atoms. The average Bonchev–Trinajstić information content (AvgIpc) is 4.02. The van der Waals surface area contributed by atoms with Gasteiger partial charge in [-0.25, -0.2) is 19.9 Å². The van der Waals surface area contributed by atoms with Crippen molar-refractivity contribution >= 4 is 34.5 Å². The van der Waals surface area contributed by atoms with Crippen LogP contribution in [-0.4, -0.2) is 103 Å². The first-order chi connectivity index (χ1) is 26.3. The minimum atomic E-state index is -0.359. The van der Waals surface area contributed by atoms with Gasteiger partial charge in [0.05, 0.1) is 45.6 Å². The van der Waals surface area contributed by atoms with Crippen molar-refractivity contribution in [1.82, 2.24) is 49.5 Å². The van der Waals surface area contributed by atoms with Crippen LogP contribution in [0, 0.1) is 0 Å². The first-order valence-electron chi connectivity index (χ1n) is 18.3. The Morgan fingerprint density at radius 3 is 1.43 bits per heavy atom. The van der Waals surface area contributed by atoms with Crippen LogP contribution in [0.4, 0.5) is 0 Å². The molecule has 4 aromatic heterocycles. The Bertz CT molecular complexity index is 2050. The summed E-state index contributed by atoms with van der Waals surface area (Å²) < 4.78 is 0. The Kier molecular flexibility index (Phi) is 10.2. The maximum absolute atomic E-state index is 13.9. The van der Waals surface area contributed by atoms with Crippen LogP contribution >= 0.6 is 22.7 Å². The molecule has 2 aromatic carbocycles. The van der Waals surface area contributed by atoms with Crippen molar-refractivity contribution in [3.8, 4) is 31.2 Å². The monoisotopic (exact) mass is 760 g/mol. The summed E-state index contributed by atoms with van der Waals surface area (Å²) in [6, 6.07) is 19.0. The van der Waals surface area contributed by atoms with E-state index in [0.29, 0.717) is 13.1 Å². The fourth-order valence-electron chi connectivity index (χ4n) is 7.79. The van der Waals surface area contributed by atoms with Crippen molar-refractivity contribution in [2.24, 2.45) is 0 Å². The number of carbonyl (C=O) groups is 2. The molecule has 0 aliphatic carbocycles. The van der Waals surface area contributed by atoms with Gasteiger partial charge in [0.25, 0.3) is 0 Å². The number of likely N-dealkylation sites (tertiary alicyclic amines) is 2. The highest BCUT2D eigenvalue weighted by Gasteiger charge is 2.38. The highest BCUT2D eigenvalue weighted by molar-refractivity contribution is 7.24. The topological polar surface area (TPSA) is 130 Å². The number of nitrogens with one attached hydrogen (secondary N) is 2. The van der Waals surface area contributed by atoms with Gasteiger partial charge < -0.3 is 19.8 Å². The fourth-order valence-corrected chi connectivity index (χ4v) is 9.61. The van der Waals surface area contributed by atoms with Crippen molar-refractivity contribution in [3.63, 3.8) is 0 Å². The molecule has 1 unspecified atom stereocenters. The zero-order valence-electron chi connectivity index (χ0n) is 30.8. The van der Waals surface area contributed by atoms with Gasteiger partial charge >= 0.3 is 0 Å². The molecule has 278 valence electrons. The maximum atomic E-state index is 13.9. The number of rotatable bonds is 11. The quantitative estimate of drug-likeness (QED) is 0.145. The van der Waals surface area contributed by atoms with Crippen LogP contribution in [0.15, 0.2) is 85.5 Å². The van der Waals surface area contributed by atoms with E-state index < -0.39 is 0 Å². The van der Waals surface area contributed by atoms with Crippen LogP contribution in [0.1, 0.15) is 72.6 Å². The predicted octanol–water partition coefficient (Wildman–Crippen LogP) is 6.98. The average molecular weight is 761 g/mol. The number of aromatic amines is 2. The Labute approximate surface area is 322 Å². The van der Waals surface area contributed by atoms with Crippen LogP contribution in [0.3, 0.4) is 0 Å². The van der Waals surface area contributed by atoms with Crippen LogP contribution < -0.4 is 0 Å². The van der Waals surface area contributed by atoms with E-state index in [9.17, 15) is 9.59 Å². The summed E-state index contributed by atoms with van der Waals surface area (Å²) in [6.07, 6.45) is 11.0. The molecule has 8 rings (SSSR count). The third-order valence-electron chi connectivity index (χ3n) is 10.3. The molecule has 4 atom stereocenters. The normalized spacial score (nSPS) is 18.6. The molecule has 54 heavy (non-hydrogen) atoms. The van der Waals surface area contributed by atoms with Crippen molar-refractivity contribution in [1.29, 1.82) is 0 Å². The Balaban J connectivity index is 0.955. The summed E-state index contributed by atoms with van der Waals surface area (Å²) in [4.78, 5) is 63.7. The molecule has 0 saturated carbocycles. The molecule has 0 spiro atoms. The summed E-state index contributed by atoms with van der Waals surface area (Å²) in [6.45, 7) is 1.40. The first-order valence-corrected chi connectivity index (χ1v) is 20.0. The molecule has 6 heterocycles. The van der Waals surface area contributed by atoms with Gasteiger partial charge in [0.2, 0.25) is 11.8 Å². The van der Waals surface area contributed by atoms with Crippen molar-refractivity contribution < 1.29 is 9.59 Å². The highest BCUT2D eigenvalue weighted by atomic mass is 32.1. The molecule has 2 fully saturated rings. The summed E-state index contributed by atoms with van der Waals surface area (Å²) >= 11 is 3.15. The number of nitrogens with zero attached hydrogens (tertiary/aromatic N) is 8. The minimum Gasteiger partial charge on any atom is -0.338 e. The van der Waals surface area contributed by atoms with E-state index >= 15 is 0 Å². The van der Waals surface area contributed by atoms with Gasteiger partial charge in [0.15, 0.2) is 0 Å². The Morgan fingerprint density at radius 1 is 0.630 bits per heavy atom. The molecule has 6 aromatic rings. The van der Waals surface area contributed by atoms with Crippen molar-refractivity contribution in [2.45, 2.75) is 49.9 Å². The molecular formula is C40H44N10O2S2. The number of hydrogen-bond acceptors (Lipinski definition) is 10. The standard InChI is InChI=1S/C40H44N10O2S2/c1-47(2)33(25-13-7-5-8-14-25)39(51)49-19-11-17-29(49)35-41-21-27(45-35)37-43-23-31(53-37)32-24-44-38(54-32)28-22-42-36(46-28)30-18-12-20-50(30)40(52)34(48(3)4)26-15-9-6-10-16-26/h5-10,13-16,21-24,29-30,33-34H,11-12,17-20H2,1-4H3,(H,41,45)(H,42,46)/t29-,30-,33+,34?/m0/s1. The second-order valence-electron chi connectivity index (χ2n) is 14.4. The molecule has 2 N–H and O–H groups in total. The molecular weight excluding hydrogens is 717 g/mol. The van der Waals surface area contributed by atoms with E-state index in [1.54, 1.807) is 22.7 Å². The Hall–Kier alpha value is -5.02. The highest BCUT2D eigenvalue weighted by Crippen LogP contribution is 2.40. The molecule has 2 amide bonds. The number of carbonyl (C=O) groups excluding carboxylic acids is 2. The third-order valence-corrected chi connectivity index (χ3v) is 12.6. The van der Waals surface area contributed by atoms with Gasteiger partial charge in [0, 0.05) is 25.5 Å². The van der Waals surface area contributed by atoms with E-state index in [4.69, 9.17) is 19.9 Å². The van der Waals surface area contributed by atoms with Crippen LogP contribution in [0.25, 0.3) is 31.2 Å². The maximum Gasteiger partial charge on any atom is 0.245 e. The summed E-state index contributed by atoms with van der Waals surface area (Å²) in [5.74, 6) is 1.74.